The summed E-state index contributed by atoms with van der Waals surface area (Å²) in [6.07, 6.45) is 8.51. The normalized spacial score (nSPS) is 18.5. The summed E-state index contributed by atoms with van der Waals surface area (Å²) in [6, 6.07) is 5.05. The number of nitrogens with two attached hydrogens (primary N) is 1. The van der Waals surface area contributed by atoms with E-state index >= 15 is 0 Å². The molecule has 1 aromatic rings. The molecule has 0 bridgehead atoms. The number of halogens is 2. The van der Waals surface area contributed by atoms with E-state index in [-0.39, 0.29) is 11.9 Å². The lowest BCUT2D eigenvalue weighted by Gasteiger charge is -2.26. The van der Waals surface area contributed by atoms with E-state index in [1.807, 2.05) is 0 Å². The Hall–Kier alpha value is -0.450. The van der Waals surface area contributed by atoms with Crippen LogP contribution < -0.4 is 11.3 Å². The van der Waals surface area contributed by atoms with Crippen molar-refractivity contribution >= 4 is 15.9 Å². The molecule has 1 fully saturated rings. The fourth-order valence-corrected chi connectivity index (χ4v) is 3.41. The van der Waals surface area contributed by atoms with Gasteiger partial charge in [-0.05, 0) is 42.5 Å². The van der Waals surface area contributed by atoms with Crippen LogP contribution in [0.15, 0.2) is 22.7 Å². The van der Waals surface area contributed by atoms with Crippen molar-refractivity contribution in [1.82, 2.24) is 5.43 Å². The topological polar surface area (TPSA) is 38.0 Å². The highest BCUT2D eigenvalue weighted by Crippen LogP contribution is 2.28. The Morgan fingerprint density at radius 2 is 2.05 bits per heavy atom. The Balaban J connectivity index is 1.95. The van der Waals surface area contributed by atoms with Gasteiger partial charge >= 0.3 is 0 Å². The van der Waals surface area contributed by atoms with Gasteiger partial charge in [0.2, 0.25) is 0 Å². The molecule has 1 aromatic carbocycles. The lowest BCUT2D eigenvalue weighted by molar-refractivity contribution is 0.297. The monoisotopic (exact) mass is 328 g/mol. The second-order valence-electron chi connectivity index (χ2n) is 5.54. The Kier molecular flexibility index (Phi) is 5.79. The standard InChI is InChI=1S/C15H22BrFN2/c16-15-7-6-13(17)9-12(15)10-14(19-18)8-11-4-2-1-3-5-11/h6-7,9,11,14,19H,1-5,8,10,18H2. The third kappa shape index (κ3) is 4.55. The minimum atomic E-state index is -0.188. The van der Waals surface area contributed by atoms with Crippen LogP contribution in [0.25, 0.3) is 0 Å². The minimum absolute atomic E-state index is 0.188. The maximum absolute atomic E-state index is 13.3. The molecule has 1 aliphatic rings. The smallest absolute Gasteiger partial charge is 0.123 e. The van der Waals surface area contributed by atoms with Crippen LogP contribution in [0.2, 0.25) is 0 Å². The molecule has 0 aliphatic heterocycles. The van der Waals surface area contributed by atoms with E-state index in [2.05, 4.69) is 21.4 Å². The average molecular weight is 329 g/mol. The van der Waals surface area contributed by atoms with E-state index in [0.717, 1.165) is 28.8 Å². The first-order valence-electron chi connectivity index (χ1n) is 7.09. The minimum Gasteiger partial charge on any atom is -0.271 e. The van der Waals surface area contributed by atoms with Crippen molar-refractivity contribution in [2.24, 2.45) is 11.8 Å². The van der Waals surface area contributed by atoms with Crippen LogP contribution in [-0.4, -0.2) is 6.04 Å². The summed E-state index contributed by atoms with van der Waals surface area (Å²) in [4.78, 5) is 0. The second-order valence-corrected chi connectivity index (χ2v) is 6.40. The zero-order chi connectivity index (χ0) is 13.7. The van der Waals surface area contributed by atoms with Crippen molar-refractivity contribution in [1.29, 1.82) is 0 Å². The largest absolute Gasteiger partial charge is 0.271 e. The number of hydrogen-bond acceptors (Lipinski definition) is 2. The molecule has 0 amide bonds. The van der Waals surface area contributed by atoms with Crippen molar-refractivity contribution in [2.45, 2.75) is 51.0 Å². The fraction of sp³-hybridized carbons (Fsp3) is 0.600. The van der Waals surface area contributed by atoms with E-state index in [9.17, 15) is 4.39 Å². The summed E-state index contributed by atoms with van der Waals surface area (Å²) in [5, 5.41) is 0. The highest BCUT2D eigenvalue weighted by atomic mass is 79.9. The molecule has 0 radical (unpaired) electrons. The van der Waals surface area contributed by atoms with Gasteiger partial charge in [-0.2, -0.15) is 0 Å². The molecular weight excluding hydrogens is 307 g/mol. The predicted octanol–water partition coefficient (Wildman–Crippen LogP) is 3.93. The van der Waals surface area contributed by atoms with Gasteiger partial charge in [0.25, 0.3) is 0 Å². The average Bonchev–Trinajstić information content (AvgIpc) is 2.43. The molecule has 2 nitrogen and oxygen atoms in total. The van der Waals surface area contributed by atoms with Gasteiger partial charge in [0, 0.05) is 10.5 Å². The summed E-state index contributed by atoms with van der Waals surface area (Å²) in [6.45, 7) is 0. The molecule has 0 aromatic heterocycles. The first kappa shape index (κ1) is 14.9. The number of benzene rings is 1. The van der Waals surface area contributed by atoms with Gasteiger partial charge in [-0.1, -0.05) is 48.0 Å². The van der Waals surface area contributed by atoms with Crippen LogP contribution in [-0.2, 0) is 6.42 Å². The summed E-state index contributed by atoms with van der Waals surface area (Å²) in [7, 11) is 0. The number of hydrazine groups is 1. The molecule has 19 heavy (non-hydrogen) atoms. The van der Waals surface area contributed by atoms with Crippen molar-refractivity contribution in [3.63, 3.8) is 0 Å². The molecule has 0 saturated heterocycles. The molecule has 0 heterocycles. The van der Waals surface area contributed by atoms with Crippen LogP contribution in [0.1, 0.15) is 44.1 Å². The van der Waals surface area contributed by atoms with Crippen molar-refractivity contribution in [2.75, 3.05) is 0 Å². The van der Waals surface area contributed by atoms with Gasteiger partial charge in [-0.25, -0.2) is 4.39 Å². The molecule has 1 saturated carbocycles. The molecular formula is C15H22BrFN2. The number of rotatable bonds is 5. The molecule has 3 N–H and O–H groups in total. The predicted molar refractivity (Wildman–Crippen MR) is 80.1 cm³/mol. The van der Waals surface area contributed by atoms with Gasteiger partial charge in [0.1, 0.15) is 5.82 Å². The zero-order valence-corrected chi connectivity index (χ0v) is 12.8. The maximum atomic E-state index is 13.3. The molecule has 1 unspecified atom stereocenters. The summed E-state index contributed by atoms with van der Waals surface area (Å²) in [5.41, 5.74) is 3.89. The highest BCUT2D eigenvalue weighted by Gasteiger charge is 2.19. The Bertz CT molecular complexity index is 405. The first-order chi connectivity index (χ1) is 9.19. The number of nitrogens with one attached hydrogen (secondary N) is 1. The second kappa shape index (κ2) is 7.36. The lowest BCUT2D eigenvalue weighted by atomic mass is 9.84. The molecule has 106 valence electrons. The van der Waals surface area contributed by atoms with Crippen molar-refractivity contribution in [3.8, 4) is 0 Å². The van der Waals surface area contributed by atoms with Crippen molar-refractivity contribution < 1.29 is 4.39 Å². The highest BCUT2D eigenvalue weighted by molar-refractivity contribution is 9.10. The van der Waals surface area contributed by atoms with Crippen LogP contribution in [0.5, 0.6) is 0 Å². The molecule has 0 spiro atoms. The zero-order valence-electron chi connectivity index (χ0n) is 11.2. The van der Waals surface area contributed by atoms with Crippen LogP contribution >= 0.6 is 15.9 Å². The molecule has 1 aliphatic carbocycles. The van der Waals surface area contributed by atoms with Crippen LogP contribution in [0, 0.1) is 11.7 Å². The van der Waals surface area contributed by atoms with Crippen LogP contribution in [0.4, 0.5) is 4.39 Å². The van der Waals surface area contributed by atoms with Gasteiger partial charge in [-0.15, -0.1) is 0 Å². The molecule has 1 atom stereocenters. The van der Waals surface area contributed by atoms with Gasteiger partial charge in [-0.3, -0.25) is 11.3 Å². The van der Waals surface area contributed by atoms with Crippen molar-refractivity contribution in [3.05, 3.63) is 34.1 Å². The fourth-order valence-electron chi connectivity index (χ4n) is 3.00. The Morgan fingerprint density at radius 3 is 2.74 bits per heavy atom. The van der Waals surface area contributed by atoms with E-state index in [0.29, 0.717) is 0 Å². The summed E-state index contributed by atoms with van der Waals surface area (Å²) >= 11 is 3.48. The van der Waals surface area contributed by atoms with E-state index in [1.54, 1.807) is 12.1 Å². The van der Waals surface area contributed by atoms with Gasteiger partial charge in [0.15, 0.2) is 0 Å². The Morgan fingerprint density at radius 1 is 1.32 bits per heavy atom. The molecule has 4 heteroatoms. The van der Waals surface area contributed by atoms with E-state index in [1.165, 1.54) is 38.2 Å². The SMILES string of the molecule is NNC(Cc1cc(F)ccc1Br)CC1CCCCC1. The first-order valence-corrected chi connectivity index (χ1v) is 7.88. The van der Waals surface area contributed by atoms with Crippen LogP contribution in [0.3, 0.4) is 0 Å². The summed E-state index contributed by atoms with van der Waals surface area (Å²) in [5.74, 6) is 6.24. The third-order valence-corrected chi connectivity index (χ3v) is 4.83. The van der Waals surface area contributed by atoms with E-state index < -0.39 is 0 Å². The lowest BCUT2D eigenvalue weighted by Crippen LogP contribution is -2.38. The van der Waals surface area contributed by atoms with Gasteiger partial charge in [0.05, 0.1) is 0 Å². The van der Waals surface area contributed by atoms with E-state index in [4.69, 9.17) is 5.84 Å². The number of hydrogen-bond donors (Lipinski definition) is 2. The quantitative estimate of drug-likeness (QED) is 0.634. The van der Waals surface area contributed by atoms with Gasteiger partial charge < -0.3 is 0 Å². The maximum Gasteiger partial charge on any atom is 0.123 e. The third-order valence-electron chi connectivity index (χ3n) is 4.05. The summed E-state index contributed by atoms with van der Waals surface area (Å²) < 4.78 is 14.2. The Labute approximate surface area is 123 Å². The molecule has 2 rings (SSSR count).